The average Bonchev–Trinajstić information content (AvgIpc) is 3.00. The van der Waals surface area contributed by atoms with Gasteiger partial charge in [0.05, 0.1) is 22.6 Å². The number of thiazole rings is 1. The lowest BCUT2D eigenvalue weighted by atomic mass is 10.2. The Labute approximate surface area is 132 Å². The first-order valence-electron chi connectivity index (χ1n) is 7.20. The summed E-state index contributed by atoms with van der Waals surface area (Å²) in [6.07, 6.45) is 6.28. The molecule has 0 aliphatic heterocycles. The zero-order chi connectivity index (χ0) is 15.1. The molecular weight excluding hydrogens is 290 g/mol. The lowest BCUT2D eigenvalue weighted by Crippen LogP contribution is -1.85. The molecular formula is C18H15N3S. The van der Waals surface area contributed by atoms with Gasteiger partial charge in [-0.3, -0.25) is 4.40 Å². The van der Waals surface area contributed by atoms with Crippen molar-refractivity contribution in [1.29, 1.82) is 0 Å². The van der Waals surface area contributed by atoms with Gasteiger partial charge >= 0.3 is 0 Å². The molecule has 0 spiro atoms. The number of hydrogen-bond acceptors (Lipinski definition) is 3. The third kappa shape index (κ3) is 2.22. The summed E-state index contributed by atoms with van der Waals surface area (Å²) in [5.74, 6) is 0. The maximum absolute atomic E-state index is 4.68. The van der Waals surface area contributed by atoms with Crippen molar-refractivity contribution in [3.63, 3.8) is 0 Å². The fraction of sp³-hybridized carbons (Fsp3) is 0.111. The van der Waals surface area contributed by atoms with Gasteiger partial charge in [0, 0.05) is 16.5 Å². The number of benzene rings is 1. The highest BCUT2D eigenvalue weighted by Crippen LogP contribution is 2.22. The molecule has 0 N–H and O–H groups in total. The second-order valence-electron chi connectivity index (χ2n) is 5.34. The van der Waals surface area contributed by atoms with E-state index in [1.54, 1.807) is 11.3 Å². The van der Waals surface area contributed by atoms with Crippen molar-refractivity contribution in [3.05, 3.63) is 64.6 Å². The lowest BCUT2D eigenvalue weighted by molar-refractivity contribution is 1.18. The summed E-state index contributed by atoms with van der Waals surface area (Å²) < 4.78 is 2.15. The number of imidazole rings is 1. The van der Waals surface area contributed by atoms with Gasteiger partial charge in [0.1, 0.15) is 0 Å². The van der Waals surface area contributed by atoms with E-state index in [1.807, 2.05) is 31.2 Å². The molecule has 0 saturated carbocycles. The molecule has 0 atom stereocenters. The Kier molecular flexibility index (Phi) is 3.05. The molecule has 3 nitrogen and oxygen atoms in total. The molecule has 0 amide bonds. The fourth-order valence-electron chi connectivity index (χ4n) is 2.62. The number of aromatic nitrogens is 3. The summed E-state index contributed by atoms with van der Waals surface area (Å²) in [6.45, 7) is 4.15. The molecule has 3 aromatic heterocycles. The highest BCUT2D eigenvalue weighted by Gasteiger charge is 2.08. The first-order chi connectivity index (χ1) is 10.7. The van der Waals surface area contributed by atoms with Crippen LogP contribution in [0.3, 0.4) is 0 Å². The molecule has 4 aromatic rings. The highest BCUT2D eigenvalue weighted by atomic mass is 32.1. The van der Waals surface area contributed by atoms with Gasteiger partial charge in [0.25, 0.3) is 0 Å². The first-order valence-corrected chi connectivity index (χ1v) is 8.01. The van der Waals surface area contributed by atoms with E-state index in [0.29, 0.717) is 0 Å². The summed E-state index contributed by atoms with van der Waals surface area (Å²) in [5, 5.41) is 1.16. The van der Waals surface area contributed by atoms with Crippen LogP contribution in [0.25, 0.3) is 28.0 Å². The number of rotatable bonds is 2. The van der Waals surface area contributed by atoms with Crippen LogP contribution in [0, 0.1) is 13.8 Å². The second-order valence-corrected chi connectivity index (χ2v) is 6.55. The number of pyridine rings is 1. The predicted octanol–water partition coefficient (Wildman–Crippen LogP) is 4.73. The van der Waals surface area contributed by atoms with Gasteiger partial charge in [-0.1, -0.05) is 24.3 Å². The smallest absolute Gasteiger partial charge is 0.194 e. The first kappa shape index (κ1) is 13.2. The Morgan fingerprint density at radius 2 is 1.86 bits per heavy atom. The molecule has 0 bridgehead atoms. The van der Waals surface area contributed by atoms with Gasteiger partial charge < -0.3 is 0 Å². The van der Waals surface area contributed by atoms with Gasteiger partial charge in [-0.15, -0.1) is 11.3 Å². The molecule has 3 heterocycles. The molecule has 108 valence electrons. The summed E-state index contributed by atoms with van der Waals surface area (Å²) >= 11 is 1.71. The minimum absolute atomic E-state index is 0.958. The number of para-hydroxylation sites is 1. The number of aryl methyl sites for hydroxylation is 2. The van der Waals surface area contributed by atoms with Gasteiger partial charge in [0.2, 0.25) is 0 Å². The molecule has 22 heavy (non-hydrogen) atoms. The normalized spacial score (nSPS) is 11.9. The summed E-state index contributed by atoms with van der Waals surface area (Å²) in [5.41, 5.74) is 4.14. The standard InChI is InChI=1S/C18H15N3S/c1-12-11-21-17(13(2)19-18(21)22-12)10-9-15-8-7-14-5-3-4-6-16(14)20-15/h3-11H,1-2H3. The van der Waals surface area contributed by atoms with Crippen LogP contribution >= 0.6 is 11.3 Å². The number of fused-ring (bicyclic) bond motifs is 2. The van der Waals surface area contributed by atoms with Crippen molar-refractivity contribution in [2.45, 2.75) is 13.8 Å². The van der Waals surface area contributed by atoms with Crippen molar-refractivity contribution in [1.82, 2.24) is 14.4 Å². The van der Waals surface area contributed by atoms with Crippen LogP contribution in [0.2, 0.25) is 0 Å². The van der Waals surface area contributed by atoms with Crippen molar-refractivity contribution < 1.29 is 0 Å². The Bertz CT molecular complexity index is 1010. The Hall–Kier alpha value is -2.46. The molecule has 1 aromatic carbocycles. The topological polar surface area (TPSA) is 30.2 Å². The third-order valence-electron chi connectivity index (χ3n) is 3.69. The SMILES string of the molecule is Cc1cn2c(C=Cc3ccc4ccccc4n3)c(C)nc2s1. The van der Waals surface area contributed by atoms with Crippen molar-refractivity contribution in [3.8, 4) is 0 Å². The van der Waals surface area contributed by atoms with Crippen LogP contribution in [0.1, 0.15) is 22.0 Å². The molecule has 0 aliphatic rings. The molecule has 0 fully saturated rings. The van der Waals surface area contributed by atoms with E-state index in [1.165, 1.54) is 4.88 Å². The molecule has 0 unspecified atom stereocenters. The van der Waals surface area contributed by atoms with Crippen molar-refractivity contribution in [2.75, 3.05) is 0 Å². The van der Waals surface area contributed by atoms with Gasteiger partial charge in [-0.05, 0) is 38.1 Å². The summed E-state index contributed by atoms with van der Waals surface area (Å²) in [6, 6.07) is 12.3. The molecule has 0 saturated heterocycles. The van der Waals surface area contributed by atoms with Gasteiger partial charge in [-0.2, -0.15) is 0 Å². The predicted molar refractivity (Wildman–Crippen MR) is 93.2 cm³/mol. The monoisotopic (exact) mass is 305 g/mol. The largest absolute Gasteiger partial charge is 0.290 e. The molecule has 0 aliphatic carbocycles. The molecule has 4 heteroatoms. The average molecular weight is 305 g/mol. The quantitative estimate of drug-likeness (QED) is 0.536. The van der Waals surface area contributed by atoms with Gasteiger partial charge in [-0.25, -0.2) is 9.97 Å². The Balaban J connectivity index is 1.76. The van der Waals surface area contributed by atoms with Crippen molar-refractivity contribution in [2.24, 2.45) is 0 Å². The van der Waals surface area contributed by atoms with Crippen LogP contribution in [0.5, 0.6) is 0 Å². The number of hydrogen-bond donors (Lipinski definition) is 0. The van der Waals surface area contributed by atoms with E-state index in [2.05, 4.69) is 51.8 Å². The number of nitrogens with zero attached hydrogens (tertiary/aromatic N) is 3. The van der Waals surface area contributed by atoms with E-state index in [0.717, 1.165) is 32.9 Å². The van der Waals surface area contributed by atoms with Crippen molar-refractivity contribution >= 4 is 39.4 Å². The molecule has 0 radical (unpaired) electrons. The van der Waals surface area contributed by atoms with E-state index in [9.17, 15) is 0 Å². The zero-order valence-electron chi connectivity index (χ0n) is 12.4. The van der Waals surface area contributed by atoms with Crippen LogP contribution in [0.4, 0.5) is 0 Å². The minimum Gasteiger partial charge on any atom is -0.290 e. The Morgan fingerprint density at radius 3 is 2.77 bits per heavy atom. The fourth-order valence-corrected chi connectivity index (χ4v) is 3.50. The van der Waals surface area contributed by atoms with Crippen LogP contribution < -0.4 is 0 Å². The third-order valence-corrected chi connectivity index (χ3v) is 4.59. The van der Waals surface area contributed by atoms with Crippen LogP contribution in [0.15, 0.2) is 42.6 Å². The second kappa shape index (κ2) is 5.07. The maximum Gasteiger partial charge on any atom is 0.194 e. The lowest BCUT2D eigenvalue weighted by Gasteiger charge is -1.98. The highest BCUT2D eigenvalue weighted by molar-refractivity contribution is 7.17. The van der Waals surface area contributed by atoms with E-state index >= 15 is 0 Å². The molecule has 4 rings (SSSR count). The van der Waals surface area contributed by atoms with Crippen LogP contribution in [-0.2, 0) is 0 Å². The van der Waals surface area contributed by atoms with E-state index < -0.39 is 0 Å². The van der Waals surface area contributed by atoms with E-state index in [4.69, 9.17) is 0 Å². The van der Waals surface area contributed by atoms with Crippen LogP contribution in [-0.4, -0.2) is 14.4 Å². The maximum atomic E-state index is 4.68. The Morgan fingerprint density at radius 1 is 1.00 bits per heavy atom. The zero-order valence-corrected chi connectivity index (χ0v) is 13.3. The van der Waals surface area contributed by atoms with Gasteiger partial charge in [0.15, 0.2) is 4.96 Å². The minimum atomic E-state index is 0.958. The van der Waals surface area contributed by atoms with E-state index in [-0.39, 0.29) is 0 Å². The summed E-state index contributed by atoms with van der Waals surface area (Å²) in [7, 11) is 0. The summed E-state index contributed by atoms with van der Waals surface area (Å²) in [4.78, 5) is 11.6.